The van der Waals surface area contributed by atoms with Crippen molar-refractivity contribution >= 4 is 5.91 Å². The molecule has 0 saturated carbocycles. The van der Waals surface area contributed by atoms with Crippen LogP contribution in [-0.2, 0) is 20.8 Å². The summed E-state index contributed by atoms with van der Waals surface area (Å²) in [6, 6.07) is 8.13. The second-order valence-electron chi connectivity index (χ2n) is 6.63. The van der Waals surface area contributed by atoms with Crippen molar-refractivity contribution in [1.82, 2.24) is 10.2 Å². The van der Waals surface area contributed by atoms with E-state index < -0.39 is 5.79 Å². The number of aryl methyl sites for hydroxylation is 1. The van der Waals surface area contributed by atoms with Crippen molar-refractivity contribution < 1.29 is 14.3 Å². The van der Waals surface area contributed by atoms with Crippen LogP contribution in [0, 0.1) is 6.92 Å². The van der Waals surface area contributed by atoms with Crippen LogP contribution in [-0.4, -0.2) is 48.9 Å². The molecule has 1 spiro atoms. The average molecular weight is 318 g/mol. The van der Waals surface area contributed by atoms with Gasteiger partial charge in [0.05, 0.1) is 19.3 Å². The number of hydrogen-bond acceptors (Lipinski definition) is 4. The lowest BCUT2D eigenvalue weighted by Gasteiger charge is -2.37. The topological polar surface area (TPSA) is 50.8 Å². The van der Waals surface area contributed by atoms with Gasteiger partial charge in [0.1, 0.15) is 0 Å². The fourth-order valence-corrected chi connectivity index (χ4v) is 3.28. The van der Waals surface area contributed by atoms with Crippen molar-refractivity contribution in [2.45, 2.75) is 45.1 Å². The fourth-order valence-electron chi connectivity index (χ4n) is 3.28. The predicted octanol–water partition coefficient (Wildman–Crippen LogP) is 1.84. The van der Waals surface area contributed by atoms with Gasteiger partial charge in [0.15, 0.2) is 5.79 Å². The van der Waals surface area contributed by atoms with Crippen molar-refractivity contribution in [2.75, 3.05) is 26.2 Å². The zero-order valence-electron chi connectivity index (χ0n) is 14.0. The molecule has 2 aliphatic rings. The maximum Gasteiger partial charge on any atom is 0.234 e. The van der Waals surface area contributed by atoms with Crippen LogP contribution in [0.4, 0.5) is 0 Å². The zero-order chi connectivity index (χ0) is 16.3. The molecule has 0 radical (unpaired) electrons. The third kappa shape index (κ3) is 4.10. The molecule has 0 unspecified atom stereocenters. The molecule has 23 heavy (non-hydrogen) atoms. The minimum atomic E-state index is -0.395. The summed E-state index contributed by atoms with van der Waals surface area (Å²) in [6.07, 6.45) is 1.85. The average Bonchev–Trinajstić information content (AvgIpc) is 2.90. The monoisotopic (exact) mass is 318 g/mol. The van der Waals surface area contributed by atoms with E-state index in [1.807, 2.05) is 19.1 Å². The van der Waals surface area contributed by atoms with Crippen molar-refractivity contribution in [1.29, 1.82) is 0 Å². The molecule has 0 bridgehead atoms. The Labute approximate surface area is 137 Å². The summed E-state index contributed by atoms with van der Waals surface area (Å²) >= 11 is 0. The molecule has 126 valence electrons. The summed E-state index contributed by atoms with van der Waals surface area (Å²) in [5.41, 5.74) is 2.37. The van der Waals surface area contributed by atoms with Gasteiger partial charge in [-0.05, 0) is 25.0 Å². The molecule has 1 aromatic carbocycles. The van der Waals surface area contributed by atoms with E-state index in [-0.39, 0.29) is 12.0 Å². The summed E-state index contributed by atoms with van der Waals surface area (Å²) in [4.78, 5) is 14.3. The highest BCUT2D eigenvalue weighted by molar-refractivity contribution is 5.78. The van der Waals surface area contributed by atoms with E-state index in [9.17, 15) is 4.79 Å². The minimum Gasteiger partial charge on any atom is -0.351 e. The van der Waals surface area contributed by atoms with Gasteiger partial charge in [-0.1, -0.05) is 24.3 Å². The first kappa shape index (κ1) is 16.4. The van der Waals surface area contributed by atoms with E-state index >= 15 is 0 Å². The Bertz CT molecular complexity index is 553. The number of nitrogens with one attached hydrogen (secondary N) is 1. The Morgan fingerprint density at radius 3 is 2.74 bits per heavy atom. The Kier molecular flexibility index (Phi) is 4.99. The van der Waals surface area contributed by atoms with Crippen LogP contribution in [0.25, 0.3) is 0 Å². The molecule has 3 rings (SSSR count). The molecular weight excluding hydrogens is 292 g/mol. The van der Waals surface area contributed by atoms with Crippen LogP contribution in [0.3, 0.4) is 0 Å². The molecule has 2 fully saturated rings. The molecule has 0 aliphatic carbocycles. The summed E-state index contributed by atoms with van der Waals surface area (Å²) < 4.78 is 11.7. The summed E-state index contributed by atoms with van der Waals surface area (Å²) in [5, 5.41) is 3.01. The van der Waals surface area contributed by atoms with Gasteiger partial charge in [0.25, 0.3) is 0 Å². The number of carbonyl (C=O) groups excluding carboxylic acids is 1. The number of piperidine rings is 1. The summed E-state index contributed by atoms with van der Waals surface area (Å²) in [5.74, 6) is -0.320. The van der Waals surface area contributed by atoms with E-state index in [4.69, 9.17) is 9.47 Å². The van der Waals surface area contributed by atoms with Crippen LogP contribution in [0.2, 0.25) is 0 Å². The fraction of sp³-hybridized carbons (Fsp3) is 0.611. The molecule has 1 aromatic rings. The van der Waals surface area contributed by atoms with Crippen LogP contribution >= 0.6 is 0 Å². The first-order valence-corrected chi connectivity index (χ1v) is 8.42. The third-order valence-electron chi connectivity index (χ3n) is 4.72. The van der Waals surface area contributed by atoms with Crippen LogP contribution < -0.4 is 5.32 Å². The van der Waals surface area contributed by atoms with Crippen molar-refractivity contribution in [2.24, 2.45) is 0 Å². The van der Waals surface area contributed by atoms with E-state index in [1.54, 1.807) is 0 Å². The van der Waals surface area contributed by atoms with Gasteiger partial charge < -0.3 is 14.8 Å². The number of hydrogen-bond donors (Lipinski definition) is 1. The van der Waals surface area contributed by atoms with Crippen LogP contribution in [0.5, 0.6) is 0 Å². The van der Waals surface area contributed by atoms with Gasteiger partial charge in [-0.25, -0.2) is 0 Å². The van der Waals surface area contributed by atoms with E-state index in [0.29, 0.717) is 19.7 Å². The maximum atomic E-state index is 12.1. The Hall–Kier alpha value is -1.43. The van der Waals surface area contributed by atoms with Crippen LogP contribution in [0.1, 0.15) is 30.9 Å². The van der Waals surface area contributed by atoms with Gasteiger partial charge >= 0.3 is 0 Å². The summed E-state index contributed by atoms with van der Waals surface area (Å²) in [6.45, 7) is 7.49. The molecule has 2 aliphatic heterocycles. The van der Waals surface area contributed by atoms with Crippen molar-refractivity contribution in [3.63, 3.8) is 0 Å². The lowest BCUT2D eigenvalue weighted by Crippen LogP contribution is -2.48. The van der Waals surface area contributed by atoms with Gasteiger partial charge in [0.2, 0.25) is 5.91 Å². The van der Waals surface area contributed by atoms with Gasteiger partial charge in [0, 0.05) is 32.5 Å². The van der Waals surface area contributed by atoms with E-state index in [2.05, 4.69) is 29.3 Å². The molecule has 2 saturated heterocycles. The zero-order valence-corrected chi connectivity index (χ0v) is 14.0. The van der Waals surface area contributed by atoms with Gasteiger partial charge in [-0.15, -0.1) is 0 Å². The Balaban J connectivity index is 1.42. The molecular formula is C18H26N2O3. The number of benzene rings is 1. The molecule has 2 heterocycles. The Morgan fingerprint density at radius 2 is 2.09 bits per heavy atom. The standard InChI is InChI=1S/C18H26N2O3/c1-14-5-3-4-6-16(14)11-19-17(21)12-20-9-7-18(8-10-20)22-13-15(2)23-18/h3-6,15H,7-13H2,1-2H3,(H,19,21)/t15-/m0/s1. The molecule has 1 N–H and O–H groups in total. The first-order chi connectivity index (χ1) is 11.1. The largest absolute Gasteiger partial charge is 0.351 e. The number of rotatable bonds is 4. The normalized spacial score (nSPS) is 24.0. The van der Waals surface area contributed by atoms with Gasteiger partial charge in [-0.3, -0.25) is 9.69 Å². The third-order valence-corrected chi connectivity index (χ3v) is 4.72. The quantitative estimate of drug-likeness (QED) is 0.920. The van der Waals surface area contributed by atoms with Crippen molar-refractivity contribution in [3.05, 3.63) is 35.4 Å². The highest BCUT2D eigenvalue weighted by Crippen LogP contribution is 2.33. The highest BCUT2D eigenvalue weighted by atomic mass is 16.7. The molecule has 5 nitrogen and oxygen atoms in total. The van der Waals surface area contributed by atoms with Gasteiger partial charge in [-0.2, -0.15) is 0 Å². The highest BCUT2D eigenvalue weighted by Gasteiger charge is 2.42. The molecule has 5 heteroatoms. The predicted molar refractivity (Wildman–Crippen MR) is 87.9 cm³/mol. The molecule has 1 atom stereocenters. The Morgan fingerprint density at radius 1 is 1.35 bits per heavy atom. The first-order valence-electron chi connectivity index (χ1n) is 8.42. The number of carbonyl (C=O) groups is 1. The molecule has 0 aromatic heterocycles. The number of nitrogens with zero attached hydrogens (tertiary/aromatic N) is 1. The smallest absolute Gasteiger partial charge is 0.234 e. The second-order valence-corrected chi connectivity index (χ2v) is 6.63. The lowest BCUT2D eigenvalue weighted by atomic mass is 10.0. The van der Waals surface area contributed by atoms with Crippen LogP contribution in [0.15, 0.2) is 24.3 Å². The number of likely N-dealkylation sites (tertiary alicyclic amines) is 1. The SMILES string of the molecule is Cc1ccccc1CNC(=O)CN1CCC2(CC1)OC[C@H](C)O2. The number of ether oxygens (including phenoxy) is 2. The number of amides is 1. The van der Waals surface area contributed by atoms with E-state index in [0.717, 1.165) is 25.9 Å². The summed E-state index contributed by atoms with van der Waals surface area (Å²) in [7, 11) is 0. The molecule has 1 amide bonds. The maximum absolute atomic E-state index is 12.1. The van der Waals surface area contributed by atoms with Crippen molar-refractivity contribution in [3.8, 4) is 0 Å². The van der Waals surface area contributed by atoms with E-state index in [1.165, 1.54) is 11.1 Å². The lowest BCUT2D eigenvalue weighted by molar-refractivity contribution is -0.193. The minimum absolute atomic E-state index is 0.0748. The second kappa shape index (κ2) is 6.99.